The topological polar surface area (TPSA) is 164 Å². The van der Waals surface area contributed by atoms with Gasteiger partial charge in [0.05, 0.1) is 0 Å². The first kappa shape index (κ1) is 39.8. The van der Waals surface area contributed by atoms with E-state index < -0.39 is 0 Å². The third kappa shape index (κ3) is 6.75. The predicted molar refractivity (Wildman–Crippen MR) is 208 cm³/mol. The van der Waals surface area contributed by atoms with Gasteiger partial charge in [-0.1, -0.05) is 38.0 Å². The number of hydrogen-bond acceptors (Lipinski definition) is 10. The maximum Gasteiger partial charge on any atom is 0.139 e. The average Bonchev–Trinajstić information content (AvgIpc) is 3.63. The molecule has 0 amide bonds. The van der Waals surface area contributed by atoms with E-state index in [2.05, 4.69) is 38.0 Å². The lowest BCUT2D eigenvalue weighted by atomic mass is 9.44. The van der Waals surface area contributed by atoms with E-state index in [0.29, 0.717) is 110 Å². The van der Waals surface area contributed by atoms with Crippen LogP contribution in [0.3, 0.4) is 0 Å². The first-order valence-corrected chi connectivity index (χ1v) is 21.6. The highest BCUT2D eigenvalue weighted by Crippen LogP contribution is 2.66. The average molecular weight is 749 g/mol. The van der Waals surface area contributed by atoms with E-state index in [-0.39, 0.29) is 33.5 Å². The summed E-state index contributed by atoms with van der Waals surface area (Å²) in [5.74, 6) is 5.56. The quantitative estimate of drug-likeness (QED) is 0.157. The van der Waals surface area contributed by atoms with Crippen LogP contribution in [0.2, 0.25) is 0 Å². The predicted octanol–water partition coefficient (Wildman–Crippen LogP) is 6.71. The lowest BCUT2D eigenvalue weighted by Crippen LogP contribution is -2.56. The Labute approximate surface area is 323 Å². The van der Waals surface area contributed by atoms with E-state index in [4.69, 9.17) is 21.1 Å². The first-order chi connectivity index (χ1) is 25.8. The molecule has 300 valence electrons. The highest BCUT2D eigenvalue weighted by molar-refractivity contribution is 5.89. The van der Waals surface area contributed by atoms with Gasteiger partial charge in [-0.15, -0.1) is 0 Å². The van der Waals surface area contributed by atoms with Crippen LogP contribution in [0, 0.1) is 80.8 Å². The summed E-state index contributed by atoms with van der Waals surface area (Å²) in [6.45, 7) is 10.9. The molecule has 0 heterocycles. The standard InChI is InChI=1S/2C22H34N2O3/c2*1-21-7-5-14(13-24-27-10-9-23)11-18(21)19(25)12-15-16-3-4-20(26)22(16,2)8-6-17(15)21/h2*13-18H,3-12,23H2,1-2H3/b24-13+;24-13-/t2*14-,15-,16-,17-,18+,21+,22-/m00/s1. The van der Waals surface area contributed by atoms with Gasteiger partial charge >= 0.3 is 0 Å². The second-order valence-corrected chi connectivity index (χ2v) is 19.9. The monoisotopic (exact) mass is 749 g/mol. The lowest BCUT2D eigenvalue weighted by Gasteiger charge is -2.59. The number of nitrogens with zero attached hydrogens (tertiary/aromatic N) is 2. The van der Waals surface area contributed by atoms with Crippen LogP contribution in [-0.4, -0.2) is 61.9 Å². The fraction of sp³-hybridized carbons (Fsp3) is 0.864. The van der Waals surface area contributed by atoms with E-state index in [9.17, 15) is 19.2 Å². The van der Waals surface area contributed by atoms with Crippen LogP contribution in [-0.2, 0) is 28.9 Å². The Morgan fingerprint density at radius 1 is 0.593 bits per heavy atom. The summed E-state index contributed by atoms with van der Waals surface area (Å²) in [5.41, 5.74) is 10.7. The van der Waals surface area contributed by atoms with Crippen molar-refractivity contribution in [3.8, 4) is 0 Å². The van der Waals surface area contributed by atoms with Crippen molar-refractivity contribution in [2.75, 3.05) is 26.3 Å². The highest BCUT2D eigenvalue weighted by atomic mass is 16.6. The molecule has 0 spiro atoms. The summed E-state index contributed by atoms with van der Waals surface area (Å²) in [6.07, 6.45) is 19.0. The zero-order valence-corrected chi connectivity index (χ0v) is 33.6. The molecule has 10 heteroatoms. The molecule has 8 fully saturated rings. The summed E-state index contributed by atoms with van der Waals surface area (Å²) in [4.78, 5) is 61.8. The smallest absolute Gasteiger partial charge is 0.139 e. The van der Waals surface area contributed by atoms with Crippen molar-refractivity contribution >= 4 is 35.6 Å². The zero-order valence-electron chi connectivity index (χ0n) is 33.6. The SMILES string of the molecule is C[C@]12CC[C@H](/C=N/OCCN)C[C@@H]1C(=O)C[C@@H]1[C@@H]2CC[C@]2(C)C(=O)CC[C@@H]12.C[C@]12CC[C@H](/C=N\OCCN)C[C@@H]1C(=O)C[C@@H]1[C@@H]2CC[C@]2(C)C(=O)CC[C@@H]12. The van der Waals surface area contributed by atoms with Gasteiger partial charge in [-0.3, -0.25) is 19.2 Å². The van der Waals surface area contributed by atoms with Crippen LogP contribution in [0.15, 0.2) is 10.3 Å². The van der Waals surface area contributed by atoms with Gasteiger partial charge in [0, 0.05) is 73.9 Å². The second kappa shape index (κ2) is 15.5. The van der Waals surface area contributed by atoms with Crippen LogP contribution in [0.25, 0.3) is 0 Å². The Morgan fingerprint density at radius 2 is 1.00 bits per heavy atom. The van der Waals surface area contributed by atoms with Gasteiger partial charge in [0.25, 0.3) is 0 Å². The fourth-order valence-electron chi connectivity index (χ4n) is 14.4. The van der Waals surface area contributed by atoms with Crippen LogP contribution in [0.1, 0.15) is 130 Å². The van der Waals surface area contributed by atoms with Crippen molar-refractivity contribution < 1.29 is 28.9 Å². The Bertz CT molecular complexity index is 1400. The van der Waals surface area contributed by atoms with Crippen LogP contribution in [0.5, 0.6) is 0 Å². The molecule has 14 atom stereocenters. The molecule has 0 unspecified atom stereocenters. The van der Waals surface area contributed by atoms with E-state index in [1.54, 1.807) is 0 Å². The Morgan fingerprint density at radius 3 is 1.39 bits per heavy atom. The molecule has 0 aromatic heterocycles. The van der Waals surface area contributed by atoms with Crippen molar-refractivity contribution in [3.63, 3.8) is 0 Å². The minimum Gasteiger partial charge on any atom is -0.395 e. The molecular formula is C44H68N4O6. The van der Waals surface area contributed by atoms with E-state index in [1.165, 1.54) is 0 Å². The molecule has 10 nitrogen and oxygen atoms in total. The van der Waals surface area contributed by atoms with E-state index >= 15 is 0 Å². The zero-order chi connectivity index (χ0) is 38.5. The van der Waals surface area contributed by atoms with Gasteiger partial charge in [-0.2, -0.15) is 0 Å². The Balaban J connectivity index is 0.000000167. The highest BCUT2D eigenvalue weighted by Gasteiger charge is 2.63. The number of Topliss-reactive ketones (excluding diaryl/α,β-unsaturated/α-hetero) is 4. The summed E-state index contributed by atoms with van der Waals surface area (Å²) in [5, 5.41) is 8.12. The molecule has 8 saturated carbocycles. The number of nitrogens with two attached hydrogens (primary N) is 2. The largest absolute Gasteiger partial charge is 0.395 e. The lowest BCUT2D eigenvalue weighted by molar-refractivity contribution is -0.156. The van der Waals surface area contributed by atoms with Crippen LogP contribution < -0.4 is 11.5 Å². The molecule has 0 aromatic carbocycles. The first-order valence-electron chi connectivity index (χ1n) is 21.6. The summed E-state index contributed by atoms with van der Waals surface area (Å²) < 4.78 is 0. The number of hydrogen-bond donors (Lipinski definition) is 2. The Kier molecular flexibility index (Phi) is 11.4. The molecule has 4 N–H and O–H groups in total. The number of carbonyl (C=O) groups is 4. The molecule has 0 aromatic rings. The van der Waals surface area contributed by atoms with Crippen molar-refractivity contribution in [2.45, 2.75) is 130 Å². The summed E-state index contributed by atoms with van der Waals surface area (Å²) >= 11 is 0. The molecule has 0 bridgehead atoms. The van der Waals surface area contributed by atoms with Crippen molar-refractivity contribution in [1.82, 2.24) is 0 Å². The molecule has 8 rings (SSSR count). The van der Waals surface area contributed by atoms with Gasteiger partial charge in [0.15, 0.2) is 0 Å². The molecular weight excluding hydrogens is 681 g/mol. The van der Waals surface area contributed by atoms with E-state index in [0.717, 1.165) is 89.9 Å². The molecule has 0 saturated heterocycles. The third-order valence-electron chi connectivity index (χ3n) is 17.5. The third-order valence-corrected chi connectivity index (χ3v) is 17.5. The normalized spacial score (nSPS) is 46.9. The van der Waals surface area contributed by atoms with Crippen molar-refractivity contribution in [1.29, 1.82) is 0 Å². The summed E-state index contributed by atoms with van der Waals surface area (Å²) in [7, 11) is 0. The number of oxime groups is 2. The number of ketones is 4. The number of fused-ring (bicyclic) bond motifs is 10. The van der Waals surface area contributed by atoms with Gasteiger partial charge in [-0.05, 0) is 135 Å². The van der Waals surface area contributed by atoms with Gasteiger partial charge in [0.1, 0.15) is 36.3 Å². The molecule has 0 aliphatic heterocycles. The minimum atomic E-state index is -0.158. The van der Waals surface area contributed by atoms with Crippen LogP contribution in [0.4, 0.5) is 0 Å². The van der Waals surface area contributed by atoms with Gasteiger partial charge < -0.3 is 21.1 Å². The second-order valence-electron chi connectivity index (χ2n) is 19.9. The summed E-state index contributed by atoms with van der Waals surface area (Å²) in [6, 6.07) is 0. The maximum atomic E-state index is 13.2. The minimum absolute atomic E-state index is 0.0927. The maximum absolute atomic E-state index is 13.2. The van der Waals surface area contributed by atoms with Crippen molar-refractivity contribution in [3.05, 3.63) is 0 Å². The fourth-order valence-corrected chi connectivity index (χ4v) is 14.4. The van der Waals surface area contributed by atoms with Crippen LogP contribution >= 0.6 is 0 Å². The Hall–Kier alpha value is -2.46. The molecule has 8 aliphatic carbocycles. The van der Waals surface area contributed by atoms with Crippen molar-refractivity contribution in [2.24, 2.45) is 103 Å². The molecule has 8 aliphatic rings. The van der Waals surface area contributed by atoms with Gasteiger partial charge in [-0.25, -0.2) is 0 Å². The molecule has 0 radical (unpaired) electrons. The van der Waals surface area contributed by atoms with Gasteiger partial charge in [0.2, 0.25) is 0 Å². The number of rotatable bonds is 8. The number of carbonyl (C=O) groups excluding carboxylic acids is 4. The molecule has 54 heavy (non-hydrogen) atoms. The van der Waals surface area contributed by atoms with E-state index in [1.807, 2.05) is 12.4 Å².